The number of hydrogen-bond acceptors (Lipinski definition) is 5. The highest BCUT2D eigenvalue weighted by molar-refractivity contribution is 6.29. The van der Waals surface area contributed by atoms with E-state index in [0.717, 1.165) is 0 Å². The summed E-state index contributed by atoms with van der Waals surface area (Å²) in [5.74, 6) is 0.950. The Bertz CT molecular complexity index is 616. The van der Waals surface area contributed by atoms with Crippen LogP contribution in [0, 0.1) is 10.1 Å². The van der Waals surface area contributed by atoms with Gasteiger partial charge in [0.1, 0.15) is 16.7 Å². The molecule has 2 rings (SSSR count). The molecule has 0 bridgehead atoms. The Morgan fingerprint density at radius 1 is 1.20 bits per heavy atom. The van der Waals surface area contributed by atoms with Crippen LogP contribution in [-0.4, -0.2) is 16.5 Å². The predicted molar refractivity (Wildman–Crippen MR) is 73.6 cm³/mol. The molecule has 0 N–H and O–H groups in total. The Kier molecular flexibility index (Phi) is 4.37. The number of nitro groups is 1. The summed E-state index contributed by atoms with van der Waals surface area (Å²) in [5.41, 5.74) is -0.247. The van der Waals surface area contributed by atoms with E-state index in [-0.39, 0.29) is 16.7 Å². The molecule has 7 heteroatoms. The number of aromatic nitrogens is 1. The first-order valence-electron chi connectivity index (χ1n) is 5.82. The van der Waals surface area contributed by atoms with E-state index in [1.807, 2.05) is 6.92 Å². The van der Waals surface area contributed by atoms with E-state index in [2.05, 4.69) is 4.98 Å². The third-order valence-corrected chi connectivity index (χ3v) is 2.56. The van der Waals surface area contributed by atoms with Crippen LogP contribution in [0.1, 0.15) is 6.92 Å². The smallest absolute Gasteiger partial charge is 0.331 e. The molecule has 1 aromatic heterocycles. The maximum atomic E-state index is 10.9. The van der Waals surface area contributed by atoms with Crippen molar-refractivity contribution < 1.29 is 14.4 Å². The largest absolute Gasteiger partial charge is 0.494 e. The van der Waals surface area contributed by atoms with E-state index in [1.165, 1.54) is 12.1 Å². The molecule has 0 amide bonds. The van der Waals surface area contributed by atoms with Crippen molar-refractivity contribution >= 4 is 17.3 Å². The summed E-state index contributed by atoms with van der Waals surface area (Å²) >= 11 is 5.72. The molecule has 20 heavy (non-hydrogen) atoms. The fraction of sp³-hybridized carbons (Fsp3) is 0.154. The number of nitrogens with zero attached hydrogens (tertiary/aromatic N) is 2. The van der Waals surface area contributed by atoms with Crippen molar-refractivity contribution in [2.75, 3.05) is 6.61 Å². The monoisotopic (exact) mass is 294 g/mol. The summed E-state index contributed by atoms with van der Waals surface area (Å²) in [5, 5.41) is 11.0. The summed E-state index contributed by atoms with van der Waals surface area (Å²) in [4.78, 5) is 14.1. The van der Waals surface area contributed by atoms with Crippen molar-refractivity contribution in [3.63, 3.8) is 0 Å². The predicted octanol–water partition coefficient (Wildman–Crippen LogP) is 3.83. The van der Waals surface area contributed by atoms with E-state index < -0.39 is 4.92 Å². The molecular weight excluding hydrogens is 284 g/mol. The zero-order valence-electron chi connectivity index (χ0n) is 10.6. The Morgan fingerprint density at radius 2 is 1.85 bits per heavy atom. The lowest BCUT2D eigenvalue weighted by Gasteiger charge is -2.07. The molecule has 2 aromatic rings. The van der Waals surface area contributed by atoms with Gasteiger partial charge in [0.25, 0.3) is 0 Å². The Hall–Kier alpha value is -2.34. The quantitative estimate of drug-likeness (QED) is 0.476. The van der Waals surface area contributed by atoms with Crippen LogP contribution in [0.4, 0.5) is 5.69 Å². The summed E-state index contributed by atoms with van der Waals surface area (Å²) in [6, 6.07) is 9.27. The van der Waals surface area contributed by atoms with Crippen LogP contribution in [0.3, 0.4) is 0 Å². The van der Waals surface area contributed by atoms with Crippen LogP contribution in [-0.2, 0) is 0 Å². The maximum absolute atomic E-state index is 10.9. The molecule has 104 valence electrons. The second-order valence-electron chi connectivity index (χ2n) is 3.72. The average molecular weight is 295 g/mol. The minimum atomic E-state index is -0.576. The van der Waals surface area contributed by atoms with E-state index in [0.29, 0.717) is 18.1 Å². The van der Waals surface area contributed by atoms with Gasteiger partial charge in [-0.15, -0.1) is 0 Å². The van der Waals surface area contributed by atoms with Crippen LogP contribution in [0.25, 0.3) is 0 Å². The second kappa shape index (κ2) is 6.21. The minimum absolute atomic E-state index is 0.122. The third-order valence-electron chi connectivity index (χ3n) is 2.35. The Morgan fingerprint density at radius 3 is 2.45 bits per heavy atom. The van der Waals surface area contributed by atoms with Crippen LogP contribution in [0.2, 0.25) is 5.15 Å². The second-order valence-corrected chi connectivity index (χ2v) is 4.11. The lowest BCUT2D eigenvalue weighted by Crippen LogP contribution is -1.96. The molecule has 6 nitrogen and oxygen atoms in total. The number of halogens is 1. The van der Waals surface area contributed by atoms with Crippen LogP contribution >= 0.6 is 11.6 Å². The van der Waals surface area contributed by atoms with Gasteiger partial charge in [0.05, 0.1) is 11.5 Å². The van der Waals surface area contributed by atoms with Gasteiger partial charge >= 0.3 is 11.6 Å². The summed E-state index contributed by atoms with van der Waals surface area (Å²) in [6.45, 7) is 2.44. The fourth-order valence-electron chi connectivity index (χ4n) is 1.51. The highest BCUT2D eigenvalue weighted by Gasteiger charge is 2.18. The van der Waals surface area contributed by atoms with Gasteiger partial charge in [-0.3, -0.25) is 10.1 Å². The number of rotatable bonds is 5. The van der Waals surface area contributed by atoms with Gasteiger partial charge in [-0.2, -0.15) is 4.98 Å². The highest BCUT2D eigenvalue weighted by Crippen LogP contribution is 2.31. The lowest BCUT2D eigenvalue weighted by molar-refractivity contribution is -0.386. The average Bonchev–Trinajstić information content (AvgIpc) is 2.41. The van der Waals surface area contributed by atoms with Gasteiger partial charge in [0, 0.05) is 6.07 Å². The molecule has 1 aromatic carbocycles. The van der Waals surface area contributed by atoms with Gasteiger partial charge in [0.2, 0.25) is 0 Å². The molecule has 0 spiro atoms. The van der Waals surface area contributed by atoms with Gasteiger partial charge < -0.3 is 9.47 Å². The van der Waals surface area contributed by atoms with E-state index in [4.69, 9.17) is 21.1 Å². The lowest BCUT2D eigenvalue weighted by atomic mass is 10.3. The summed E-state index contributed by atoms with van der Waals surface area (Å²) in [7, 11) is 0. The molecule has 1 heterocycles. The SMILES string of the molecule is CCOc1ccc(Oc2nc(Cl)ccc2[N+](=O)[O-])cc1. The van der Waals surface area contributed by atoms with Gasteiger partial charge in [0.15, 0.2) is 0 Å². The van der Waals surface area contributed by atoms with Crippen LogP contribution < -0.4 is 9.47 Å². The van der Waals surface area contributed by atoms with Gasteiger partial charge in [-0.25, -0.2) is 0 Å². The van der Waals surface area contributed by atoms with Crippen molar-refractivity contribution in [2.45, 2.75) is 6.92 Å². The van der Waals surface area contributed by atoms with Gasteiger partial charge in [-0.1, -0.05) is 11.6 Å². The maximum Gasteiger partial charge on any atom is 0.331 e. The molecular formula is C13H11ClN2O4. The molecule has 0 aliphatic heterocycles. The van der Waals surface area contributed by atoms with E-state index in [9.17, 15) is 10.1 Å². The molecule has 0 saturated heterocycles. The molecule has 0 saturated carbocycles. The number of pyridine rings is 1. The van der Waals surface area contributed by atoms with Crippen LogP contribution in [0.15, 0.2) is 36.4 Å². The zero-order chi connectivity index (χ0) is 14.5. The highest BCUT2D eigenvalue weighted by atomic mass is 35.5. The van der Waals surface area contributed by atoms with E-state index >= 15 is 0 Å². The normalized spacial score (nSPS) is 10.1. The fourth-order valence-corrected chi connectivity index (χ4v) is 1.65. The molecule has 0 aliphatic carbocycles. The Balaban J connectivity index is 2.25. The van der Waals surface area contributed by atoms with Crippen LogP contribution in [0.5, 0.6) is 17.4 Å². The molecule has 0 atom stereocenters. The summed E-state index contributed by atoms with van der Waals surface area (Å²) in [6.07, 6.45) is 0. The number of benzene rings is 1. The Labute approximate surface area is 120 Å². The third kappa shape index (κ3) is 3.36. The molecule has 0 radical (unpaired) electrons. The number of ether oxygens (including phenoxy) is 2. The minimum Gasteiger partial charge on any atom is -0.494 e. The topological polar surface area (TPSA) is 74.5 Å². The van der Waals surface area contributed by atoms with Crippen molar-refractivity contribution in [3.05, 3.63) is 51.7 Å². The van der Waals surface area contributed by atoms with Crippen molar-refractivity contribution in [2.24, 2.45) is 0 Å². The first-order valence-corrected chi connectivity index (χ1v) is 6.19. The first-order chi connectivity index (χ1) is 9.60. The molecule has 0 unspecified atom stereocenters. The zero-order valence-corrected chi connectivity index (χ0v) is 11.3. The summed E-state index contributed by atoms with van der Waals surface area (Å²) < 4.78 is 10.7. The van der Waals surface area contributed by atoms with Gasteiger partial charge in [-0.05, 0) is 37.3 Å². The van der Waals surface area contributed by atoms with E-state index in [1.54, 1.807) is 24.3 Å². The number of hydrogen-bond donors (Lipinski definition) is 0. The molecule has 0 fully saturated rings. The van der Waals surface area contributed by atoms with Crippen molar-refractivity contribution in [1.82, 2.24) is 4.98 Å². The molecule has 0 aliphatic rings. The first kappa shape index (κ1) is 14.1. The van der Waals surface area contributed by atoms with Crippen molar-refractivity contribution in [3.8, 4) is 17.4 Å². The van der Waals surface area contributed by atoms with Crippen molar-refractivity contribution in [1.29, 1.82) is 0 Å². The standard InChI is InChI=1S/C13H11ClN2O4/c1-2-19-9-3-5-10(6-4-9)20-13-11(16(17)18)7-8-12(14)15-13/h3-8H,2H2,1H3.